The Morgan fingerprint density at radius 1 is 1.06 bits per heavy atom. The Morgan fingerprint density at radius 2 is 1.61 bits per heavy atom. The molecule has 0 amide bonds. The Labute approximate surface area is 174 Å². The molecule has 1 N–H and O–H groups in total. The molecule has 0 spiro atoms. The van der Waals surface area contributed by atoms with E-state index in [0.29, 0.717) is 10.2 Å². The standard InChI is InChI=1S/C19H14F6N2O3S/c1-7-9(3)31-16-13(7)15(28)26-14(27-16)8(2)30-17(29)10-4-11(18(20,21)22)6-12(5-10)19(23,24)25/h4-6,8H,1-3H3,(H,26,27,28)/t8-/m0/s1. The van der Waals surface area contributed by atoms with E-state index in [9.17, 15) is 35.9 Å². The number of alkyl halides is 6. The molecule has 0 saturated heterocycles. The molecular weight excluding hydrogens is 450 g/mol. The summed E-state index contributed by atoms with van der Waals surface area (Å²) >= 11 is 1.23. The summed E-state index contributed by atoms with van der Waals surface area (Å²) in [4.78, 5) is 32.5. The number of carbonyl (C=O) groups is 1. The number of hydrogen-bond acceptors (Lipinski definition) is 5. The van der Waals surface area contributed by atoms with E-state index in [-0.39, 0.29) is 24.0 Å². The van der Waals surface area contributed by atoms with Crippen molar-refractivity contribution in [2.75, 3.05) is 0 Å². The predicted molar refractivity (Wildman–Crippen MR) is 100.0 cm³/mol. The lowest BCUT2D eigenvalue weighted by molar-refractivity contribution is -0.143. The fraction of sp³-hybridized carbons (Fsp3) is 0.316. The van der Waals surface area contributed by atoms with Gasteiger partial charge >= 0.3 is 18.3 Å². The van der Waals surface area contributed by atoms with Crippen LogP contribution in [0.5, 0.6) is 0 Å². The van der Waals surface area contributed by atoms with Crippen LogP contribution in [-0.2, 0) is 17.1 Å². The van der Waals surface area contributed by atoms with Crippen LogP contribution in [0.3, 0.4) is 0 Å². The third-order valence-electron chi connectivity index (χ3n) is 4.55. The lowest BCUT2D eigenvalue weighted by Crippen LogP contribution is -2.18. The number of thiophene rings is 1. The van der Waals surface area contributed by atoms with Crippen molar-refractivity contribution in [2.45, 2.75) is 39.2 Å². The molecule has 0 unspecified atom stereocenters. The number of halogens is 6. The lowest BCUT2D eigenvalue weighted by atomic mass is 10.0. The third-order valence-corrected chi connectivity index (χ3v) is 5.65. The van der Waals surface area contributed by atoms with Gasteiger partial charge in [-0.25, -0.2) is 9.78 Å². The van der Waals surface area contributed by atoms with E-state index in [4.69, 9.17) is 4.74 Å². The second-order valence-electron chi connectivity index (χ2n) is 6.76. The van der Waals surface area contributed by atoms with Crippen LogP contribution in [0.1, 0.15) is 50.8 Å². The highest BCUT2D eigenvalue weighted by atomic mass is 32.1. The summed E-state index contributed by atoms with van der Waals surface area (Å²) in [5.41, 5.74) is -3.98. The summed E-state index contributed by atoms with van der Waals surface area (Å²) in [6, 6.07) is 0.458. The van der Waals surface area contributed by atoms with Crippen LogP contribution in [0.4, 0.5) is 26.3 Å². The molecule has 12 heteroatoms. The Morgan fingerprint density at radius 3 is 2.13 bits per heavy atom. The molecule has 0 aliphatic carbocycles. The number of aryl methyl sites for hydroxylation is 2. The number of H-pyrrole nitrogens is 1. The summed E-state index contributed by atoms with van der Waals surface area (Å²) < 4.78 is 82.9. The van der Waals surface area contributed by atoms with Gasteiger partial charge in [0.05, 0.1) is 22.1 Å². The summed E-state index contributed by atoms with van der Waals surface area (Å²) in [6.45, 7) is 4.81. The largest absolute Gasteiger partial charge is 0.451 e. The number of nitrogens with zero attached hydrogens (tertiary/aromatic N) is 1. The highest BCUT2D eigenvalue weighted by Crippen LogP contribution is 2.36. The first-order chi connectivity index (χ1) is 14.2. The molecule has 3 rings (SSSR count). The number of esters is 1. The molecule has 2 aromatic heterocycles. The van der Waals surface area contributed by atoms with Gasteiger partial charge in [0.15, 0.2) is 11.9 Å². The number of nitrogens with one attached hydrogen (secondary N) is 1. The zero-order chi connectivity index (χ0) is 23.3. The van der Waals surface area contributed by atoms with Crippen molar-refractivity contribution in [1.82, 2.24) is 9.97 Å². The van der Waals surface area contributed by atoms with Gasteiger partial charge in [0, 0.05) is 4.88 Å². The number of benzene rings is 1. The van der Waals surface area contributed by atoms with Gasteiger partial charge in [-0.15, -0.1) is 11.3 Å². The molecule has 0 fully saturated rings. The second-order valence-corrected chi connectivity index (χ2v) is 7.96. The van der Waals surface area contributed by atoms with Crippen molar-refractivity contribution in [1.29, 1.82) is 0 Å². The highest BCUT2D eigenvalue weighted by molar-refractivity contribution is 7.18. The molecule has 1 aromatic carbocycles. The van der Waals surface area contributed by atoms with Crippen molar-refractivity contribution in [2.24, 2.45) is 0 Å². The van der Waals surface area contributed by atoms with Crippen molar-refractivity contribution < 1.29 is 35.9 Å². The highest BCUT2D eigenvalue weighted by Gasteiger charge is 2.38. The van der Waals surface area contributed by atoms with E-state index < -0.39 is 46.7 Å². The maximum Gasteiger partial charge on any atom is 0.416 e. The Hall–Kier alpha value is -2.89. The minimum atomic E-state index is -5.10. The van der Waals surface area contributed by atoms with Gasteiger partial charge in [-0.1, -0.05) is 0 Å². The quantitative estimate of drug-likeness (QED) is 0.407. The van der Waals surface area contributed by atoms with Crippen LogP contribution in [0.25, 0.3) is 10.2 Å². The van der Waals surface area contributed by atoms with Crippen LogP contribution < -0.4 is 5.56 Å². The van der Waals surface area contributed by atoms with E-state index in [1.54, 1.807) is 13.8 Å². The normalized spacial score (nSPS) is 13.5. The molecule has 3 aromatic rings. The first kappa shape index (κ1) is 22.8. The van der Waals surface area contributed by atoms with Gasteiger partial charge in [0.25, 0.3) is 5.56 Å². The van der Waals surface area contributed by atoms with Gasteiger partial charge in [0.1, 0.15) is 4.83 Å². The van der Waals surface area contributed by atoms with Crippen molar-refractivity contribution in [3.8, 4) is 0 Å². The lowest BCUT2D eigenvalue weighted by Gasteiger charge is -2.16. The molecule has 0 radical (unpaired) electrons. The van der Waals surface area contributed by atoms with Gasteiger partial charge in [-0.2, -0.15) is 26.3 Å². The molecule has 31 heavy (non-hydrogen) atoms. The molecule has 1 atom stereocenters. The SMILES string of the molecule is Cc1sc2nc([C@H](C)OC(=O)c3cc(C(F)(F)F)cc(C(F)(F)F)c3)[nH]c(=O)c2c1C. The Balaban J connectivity index is 1.96. The van der Waals surface area contributed by atoms with Crippen molar-refractivity contribution in [3.05, 3.63) is 61.5 Å². The molecule has 0 aliphatic heterocycles. The molecular formula is C19H14F6N2O3S. The predicted octanol–water partition coefficient (Wildman–Crippen LogP) is 5.56. The van der Waals surface area contributed by atoms with E-state index in [0.717, 1.165) is 10.4 Å². The Bertz CT molecular complexity index is 1190. The van der Waals surface area contributed by atoms with E-state index in [1.165, 1.54) is 18.3 Å². The van der Waals surface area contributed by atoms with Gasteiger partial charge in [-0.05, 0) is 44.5 Å². The smallest absolute Gasteiger partial charge is 0.416 e. The summed E-state index contributed by atoms with van der Waals surface area (Å²) in [6.07, 6.45) is -11.4. The topological polar surface area (TPSA) is 72.0 Å². The number of rotatable bonds is 3. The summed E-state index contributed by atoms with van der Waals surface area (Å²) in [5.74, 6) is -1.51. The zero-order valence-corrected chi connectivity index (χ0v) is 17.0. The van der Waals surface area contributed by atoms with Gasteiger partial charge < -0.3 is 9.72 Å². The van der Waals surface area contributed by atoms with Gasteiger partial charge in [-0.3, -0.25) is 4.79 Å². The van der Waals surface area contributed by atoms with E-state index >= 15 is 0 Å². The number of hydrogen-bond donors (Lipinski definition) is 1. The number of aromatic amines is 1. The average molecular weight is 464 g/mol. The van der Waals surface area contributed by atoms with Crippen LogP contribution in [0, 0.1) is 13.8 Å². The minimum absolute atomic E-state index is 0.0879. The maximum absolute atomic E-state index is 13.0. The fourth-order valence-electron chi connectivity index (χ4n) is 2.82. The monoisotopic (exact) mass is 464 g/mol. The van der Waals surface area contributed by atoms with E-state index in [1.807, 2.05) is 0 Å². The average Bonchev–Trinajstić information content (AvgIpc) is 2.94. The van der Waals surface area contributed by atoms with Crippen LogP contribution in [0.15, 0.2) is 23.0 Å². The molecule has 0 saturated carbocycles. The number of fused-ring (bicyclic) bond motifs is 1. The summed E-state index contributed by atoms with van der Waals surface area (Å²) in [5, 5.41) is 0.359. The third kappa shape index (κ3) is 4.58. The first-order valence-electron chi connectivity index (χ1n) is 8.69. The van der Waals surface area contributed by atoms with Crippen LogP contribution >= 0.6 is 11.3 Å². The van der Waals surface area contributed by atoms with E-state index in [2.05, 4.69) is 9.97 Å². The molecule has 0 bridgehead atoms. The molecule has 5 nitrogen and oxygen atoms in total. The molecule has 0 aliphatic rings. The minimum Gasteiger partial charge on any atom is -0.451 e. The van der Waals surface area contributed by atoms with Crippen molar-refractivity contribution in [3.63, 3.8) is 0 Å². The van der Waals surface area contributed by atoms with Crippen molar-refractivity contribution >= 4 is 27.5 Å². The van der Waals surface area contributed by atoms with Gasteiger partial charge in [0.2, 0.25) is 0 Å². The summed E-state index contributed by atoms with van der Waals surface area (Å²) in [7, 11) is 0. The number of ether oxygens (including phenoxy) is 1. The number of aromatic nitrogens is 2. The Kier molecular flexibility index (Phi) is 5.63. The van der Waals surface area contributed by atoms with Crippen LogP contribution in [-0.4, -0.2) is 15.9 Å². The second kappa shape index (κ2) is 7.66. The first-order valence-corrected chi connectivity index (χ1v) is 9.50. The van der Waals surface area contributed by atoms with Crippen LogP contribution in [0.2, 0.25) is 0 Å². The number of carbonyl (C=O) groups excluding carboxylic acids is 1. The maximum atomic E-state index is 13.0. The molecule has 2 heterocycles. The fourth-order valence-corrected chi connectivity index (χ4v) is 3.86. The molecule has 166 valence electrons. The zero-order valence-electron chi connectivity index (χ0n) is 16.2.